The van der Waals surface area contributed by atoms with Crippen LogP contribution in [0.15, 0.2) is 60.9 Å². The molecular weight excluding hydrogens is 362 g/mol. The first-order chi connectivity index (χ1) is 14.3. The summed E-state index contributed by atoms with van der Waals surface area (Å²) in [6, 6.07) is 20.3. The zero-order valence-electron chi connectivity index (χ0n) is 15.8. The van der Waals surface area contributed by atoms with Gasteiger partial charge in [-0.05, 0) is 35.9 Å². The molecular formula is C23H19N5O. The van der Waals surface area contributed by atoms with Crippen molar-refractivity contribution in [3.8, 4) is 28.6 Å². The van der Waals surface area contributed by atoms with Crippen LogP contribution < -0.4 is 4.90 Å². The Bertz CT molecular complexity index is 1200. The molecule has 1 aliphatic rings. The van der Waals surface area contributed by atoms with Crippen molar-refractivity contribution < 1.29 is 4.74 Å². The van der Waals surface area contributed by atoms with Crippen molar-refractivity contribution in [2.24, 2.45) is 0 Å². The highest BCUT2D eigenvalue weighted by molar-refractivity contribution is 5.94. The number of benzene rings is 2. The Labute approximate surface area is 168 Å². The number of aromatic amines is 1. The van der Waals surface area contributed by atoms with Gasteiger partial charge in [0.25, 0.3) is 0 Å². The summed E-state index contributed by atoms with van der Waals surface area (Å²) in [5, 5.41) is 10.1. The lowest BCUT2D eigenvalue weighted by atomic mass is 10.1. The van der Waals surface area contributed by atoms with Crippen molar-refractivity contribution in [2.75, 3.05) is 31.2 Å². The van der Waals surface area contributed by atoms with Gasteiger partial charge >= 0.3 is 0 Å². The molecule has 6 nitrogen and oxygen atoms in total. The van der Waals surface area contributed by atoms with Crippen molar-refractivity contribution in [3.05, 3.63) is 66.5 Å². The van der Waals surface area contributed by atoms with E-state index in [-0.39, 0.29) is 0 Å². The van der Waals surface area contributed by atoms with E-state index in [1.54, 1.807) is 12.4 Å². The topological polar surface area (TPSA) is 77.8 Å². The van der Waals surface area contributed by atoms with Crippen LogP contribution in [-0.2, 0) is 4.74 Å². The molecule has 1 saturated heterocycles. The zero-order valence-corrected chi connectivity index (χ0v) is 15.8. The molecule has 1 N–H and O–H groups in total. The first-order valence-electron chi connectivity index (χ1n) is 9.59. The molecule has 2 aromatic carbocycles. The van der Waals surface area contributed by atoms with Gasteiger partial charge in [-0.1, -0.05) is 24.3 Å². The molecule has 0 spiro atoms. The van der Waals surface area contributed by atoms with Gasteiger partial charge in [-0.3, -0.25) is 0 Å². The number of nitrogens with one attached hydrogen (secondary N) is 1. The molecule has 0 radical (unpaired) electrons. The molecule has 142 valence electrons. The van der Waals surface area contributed by atoms with Gasteiger partial charge in [0.2, 0.25) is 0 Å². The first-order valence-corrected chi connectivity index (χ1v) is 9.59. The average Bonchev–Trinajstić information content (AvgIpc) is 3.24. The van der Waals surface area contributed by atoms with Gasteiger partial charge in [-0.25, -0.2) is 9.97 Å². The predicted octanol–water partition coefficient (Wildman–Crippen LogP) is 4.00. The fourth-order valence-electron chi connectivity index (χ4n) is 3.73. The van der Waals surface area contributed by atoms with Gasteiger partial charge in [0.05, 0.1) is 30.5 Å². The normalized spacial score (nSPS) is 14.1. The van der Waals surface area contributed by atoms with E-state index in [0.29, 0.717) is 5.56 Å². The van der Waals surface area contributed by atoms with Crippen LogP contribution in [0, 0.1) is 11.3 Å². The minimum Gasteiger partial charge on any atom is -0.378 e. The SMILES string of the molecule is N#Cc1cccc(-c2ncnc3[nH]c(-c4ccc(N5CCOCC5)cc4)cc23)c1. The van der Waals surface area contributed by atoms with E-state index >= 15 is 0 Å². The Hall–Kier alpha value is -3.69. The molecule has 2 aromatic heterocycles. The molecule has 0 bridgehead atoms. The van der Waals surface area contributed by atoms with Crippen LogP contribution in [0.5, 0.6) is 0 Å². The summed E-state index contributed by atoms with van der Waals surface area (Å²) in [6.45, 7) is 3.40. The molecule has 0 atom stereocenters. The highest BCUT2D eigenvalue weighted by Gasteiger charge is 2.13. The van der Waals surface area contributed by atoms with E-state index < -0.39 is 0 Å². The summed E-state index contributed by atoms with van der Waals surface area (Å²) >= 11 is 0. The Morgan fingerprint density at radius 3 is 2.59 bits per heavy atom. The van der Waals surface area contributed by atoms with Crippen molar-refractivity contribution in [2.45, 2.75) is 0 Å². The standard InChI is InChI=1S/C23H19N5O/c24-14-16-2-1-3-18(12-16)22-20-13-21(27-23(20)26-15-25-22)17-4-6-19(7-5-17)28-8-10-29-11-9-28/h1-7,12-13,15H,8-11H2,(H,25,26,27). The van der Waals surface area contributed by atoms with Crippen LogP contribution in [0.4, 0.5) is 5.69 Å². The summed E-state index contributed by atoms with van der Waals surface area (Å²) in [7, 11) is 0. The summed E-state index contributed by atoms with van der Waals surface area (Å²) < 4.78 is 5.43. The lowest BCUT2D eigenvalue weighted by molar-refractivity contribution is 0.122. The van der Waals surface area contributed by atoms with Gasteiger partial charge in [0.1, 0.15) is 12.0 Å². The monoisotopic (exact) mass is 381 g/mol. The van der Waals surface area contributed by atoms with E-state index in [2.05, 4.69) is 56.3 Å². The Balaban J connectivity index is 1.51. The predicted molar refractivity (Wildman–Crippen MR) is 113 cm³/mol. The lowest BCUT2D eigenvalue weighted by Gasteiger charge is -2.28. The number of ether oxygens (including phenoxy) is 1. The Kier molecular flexibility index (Phi) is 4.43. The van der Waals surface area contributed by atoms with Crippen molar-refractivity contribution in [1.29, 1.82) is 5.26 Å². The maximum atomic E-state index is 9.19. The highest BCUT2D eigenvalue weighted by Crippen LogP contribution is 2.31. The zero-order chi connectivity index (χ0) is 19.6. The summed E-state index contributed by atoms with van der Waals surface area (Å²) in [4.78, 5) is 14.6. The molecule has 29 heavy (non-hydrogen) atoms. The summed E-state index contributed by atoms with van der Waals surface area (Å²) in [5.74, 6) is 0. The molecule has 5 rings (SSSR count). The summed E-state index contributed by atoms with van der Waals surface area (Å²) in [5.41, 5.74) is 6.42. The number of hydrogen-bond donors (Lipinski definition) is 1. The van der Waals surface area contributed by atoms with Crippen molar-refractivity contribution in [3.63, 3.8) is 0 Å². The summed E-state index contributed by atoms with van der Waals surface area (Å²) in [6.07, 6.45) is 1.55. The maximum absolute atomic E-state index is 9.19. The third kappa shape index (κ3) is 3.33. The number of nitriles is 1. The number of morpholine rings is 1. The van der Waals surface area contributed by atoms with E-state index in [1.807, 2.05) is 18.2 Å². The number of aromatic nitrogens is 3. The van der Waals surface area contributed by atoms with Crippen LogP contribution in [0.2, 0.25) is 0 Å². The lowest BCUT2D eigenvalue weighted by Crippen LogP contribution is -2.36. The van der Waals surface area contributed by atoms with E-state index in [4.69, 9.17) is 4.74 Å². The van der Waals surface area contributed by atoms with Crippen LogP contribution in [0.3, 0.4) is 0 Å². The number of hydrogen-bond acceptors (Lipinski definition) is 5. The second-order valence-electron chi connectivity index (χ2n) is 7.01. The molecule has 1 fully saturated rings. The molecule has 0 amide bonds. The van der Waals surface area contributed by atoms with E-state index in [0.717, 1.165) is 59.9 Å². The highest BCUT2D eigenvalue weighted by atomic mass is 16.5. The average molecular weight is 381 g/mol. The second-order valence-corrected chi connectivity index (χ2v) is 7.01. The number of nitrogens with zero attached hydrogens (tertiary/aromatic N) is 4. The van der Waals surface area contributed by atoms with Crippen molar-refractivity contribution >= 4 is 16.7 Å². The van der Waals surface area contributed by atoms with Gasteiger partial charge in [0, 0.05) is 35.4 Å². The van der Waals surface area contributed by atoms with Gasteiger partial charge in [0.15, 0.2) is 0 Å². The van der Waals surface area contributed by atoms with E-state index in [1.165, 1.54) is 5.69 Å². The van der Waals surface area contributed by atoms with Gasteiger partial charge < -0.3 is 14.6 Å². The Morgan fingerprint density at radius 2 is 1.79 bits per heavy atom. The minimum atomic E-state index is 0.615. The third-order valence-corrected chi connectivity index (χ3v) is 5.25. The molecule has 6 heteroatoms. The minimum absolute atomic E-state index is 0.615. The third-order valence-electron chi connectivity index (χ3n) is 5.25. The number of fused-ring (bicyclic) bond motifs is 1. The number of rotatable bonds is 3. The quantitative estimate of drug-likeness (QED) is 0.580. The fourth-order valence-corrected chi connectivity index (χ4v) is 3.73. The maximum Gasteiger partial charge on any atom is 0.141 e. The Morgan fingerprint density at radius 1 is 0.966 bits per heavy atom. The van der Waals surface area contributed by atoms with Crippen molar-refractivity contribution in [1.82, 2.24) is 15.0 Å². The number of anilines is 1. The number of H-pyrrole nitrogens is 1. The molecule has 3 heterocycles. The molecule has 1 aliphatic heterocycles. The fraction of sp³-hybridized carbons (Fsp3) is 0.174. The van der Waals surface area contributed by atoms with Crippen LogP contribution >= 0.6 is 0 Å². The van der Waals surface area contributed by atoms with Gasteiger partial charge in [-0.2, -0.15) is 5.26 Å². The largest absolute Gasteiger partial charge is 0.378 e. The molecule has 0 unspecified atom stereocenters. The van der Waals surface area contributed by atoms with E-state index in [9.17, 15) is 5.26 Å². The smallest absolute Gasteiger partial charge is 0.141 e. The molecule has 0 saturated carbocycles. The first kappa shape index (κ1) is 17.4. The molecule has 4 aromatic rings. The van der Waals surface area contributed by atoms with Gasteiger partial charge in [-0.15, -0.1) is 0 Å². The van der Waals surface area contributed by atoms with Crippen LogP contribution in [0.1, 0.15) is 5.56 Å². The van der Waals surface area contributed by atoms with Crippen LogP contribution in [-0.4, -0.2) is 41.3 Å². The van der Waals surface area contributed by atoms with Crippen LogP contribution in [0.25, 0.3) is 33.5 Å². The second kappa shape index (κ2) is 7.38. The molecule has 0 aliphatic carbocycles.